The van der Waals surface area contributed by atoms with Crippen LogP contribution >= 0.6 is 0 Å². The third-order valence-corrected chi connectivity index (χ3v) is 6.64. The molecule has 1 N–H and O–H groups in total. The third-order valence-electron chi connectivity index (χ3n) is 5.25. The van der Waals surface area contributed by atoms with Crippen LogP contribution in [0.2, 0.25) is 0 Å². The van der Waals surface area contributed by atoms with E-state index in [0.29, 0.717) is 16.5 Å². The molecule has 2 heterocycles. The maximum absolute atomic E-state index is 13.1. The first-order valence-corrected chi connectivity index (χ1v) is 11.7. The number of carbonyl (C=O) groups is 1. The Bertz CT molecular complexity index is 1560. The van der Waals surface area contributed by atoms with Crippen LogP contribution in [0.25, 0.3) is 33.2 Å². The molecule has 5 rings (SSSR count). The van der Waals surface area contributed by atoms with Gasteiger partial charge in [-0.2, -0.15) is 0 Å². The highest BCUT2D eigenvalue weighted by Crippen LogP contribution is 2.29. The summed E-state index contributed by atoms with van der Waals surface area (Å²) >= 11 is 0. The number of hydrogen-bond donors (Lipinski definition) is 1. The Morgan fingerprint density at radius 2 is 1.48 bits per heavy atom. The molecule has 0 bridgehead atoms. The zero-order valence-electron chi connectivity index (χ0n) is 17.3. The molecule has 0 aliphatic carbocycles. The Balaban J connectivity index is 1.45. The minimum absolute atomic E-state index is 0.0145. The Hall–Kier alpha value is -4.23. The van der Waals surface area contributed by atoms with Crippen molar-refractivity contribution < 1.29 is 17.6 Å². The van der Waals surface area contributed by atoms with Gasteiger partial charge in [-0.15, -0.1) is 0 Å². The molecule has 0 saturated carbocycles. The smallest absolute Gasteiger partial charge is 0.300 e. The molecule has 2 aromatic heterocycles. The fourth-order valence-corrected chi connectivity index (χ4v) is 4.84. The second kappa shape index (κ2) is 8.37. The topological polar surface area (TPSA) is 89.3 Å². The van der Waals surface area contributed by atoms with Gasteiger partial charge in [0.15, 0.2) is 5.76 Å². The van der Waals surface area contributed by atoms with E-state index in [1.807, 2.05) is 54.6 Å². The van der Waals surface area contributed by atoms with E-state index < -0.39 is 15.9 Å². The zero-order valence-corrected chi connectivity index (χ0v) is 18.1. The Morgan fingerprint density at radius 1 is 0.758 bits per heavy atom. The van der Waals surface area contributed by atoms with Crippen LogP contribution in [0.15, 0.2) is 113 Å². The zero-order chi connectivity index (χ0) is 22.8. The molecule has 33 heavy (non-hydrogen) atoms. The molecule has 1 amide bonds. The summed E-state index contributed by atoms with van der Waals surface area (Å²) in [7, 11) is -4.14. The molecule has 3 aromatic carbocycles. The number of sulfonamides is 1. The van der Waals surface area contributed by atoms with E-state index in [0.717, 1.165) is 16.7 Å². The molecule has 0 aliphatic rings. The summed E-state index contributed by atoms with van der Waals surface area (Å²) in [5.74, 6) is -0.919. The predicted octanol–water partition coefficient (Wildman–Crippen LogP) is 5.28. The van der Waals surface area contributed by atoms with Crippen LogP contribution in [0.5, 0.6) is 0 Å². The van der Waals surface area contributed by atoms with Gasteiger partial charge in [-0.3, -0.25) is 9.78 Å². The van der Waals surface area contributed by atoms with Gasteiger partial charge in [-0.05, 0) is 47.0 Å². The number of fused-ring (bicyclic) bond motifs is 1. The van der Waals surface area contributed by atoms with Crippen LogP contribution in [-0.2, 0) is 10.0 Å². The lowest BCUT2D eigenvalue weighted by molar-refractivity contribution is 0.0956. The minimum atomic E-state index is -4.14. The average molecular weight is 455 g/mol. The van der Waals surface area contributed by atoms with Gasteiger partial charge in [0, 0.05) is 23.3 Å². The van der Waals surface area contributed by atoms with Crippen molar-refractivity contribution in [2.75, 3.05) is 0 Å². The van der Waals surface area contributed by atoms with Crippen molar-refractivity contribution in [2.45, 2.75) is 4.90 Å². The van der Waals surface area contributed by atoms with E-state index >= 15 is 0 Å². The van der Waals surface area contributed by atoms with Crippen LogP contribution in [0, 0.1) is 0 Å². The molecule has 162 valence electrons. The normalized spacial score (nSPS) is 11.4. The highest BCUT2D eigenvalue weighted by Gasteiger charge is 2.24. The first-order valence-electron chi connectivity index (χ1n) is 10.2. The SMILES string of the molecule is O=C(NS(=O)(=O)c1ccccc1-c1ccccc1)c1cc2ccc(-c3ccncc3)cc2o1. The Morgan fingerprint density at radius 3 is 2.27 bits per heavy atom. The highest BCUT2D eigenvalue weighted by molar-refractivity contribution is 7.90. The monoisotopic (exact) mass is 454 g/mol. The summed E-state index contributed by atoms with van der Waals surface area (Å²) in [6.07, 6.45) is 3.39. The fourth-order valence-electron chi connectivity index (χ4n) is 3.65. The van der Waals surface area contributed by atoms with Gasteiger partial charge in [0.05, 0.1) is 4.90 Å². The predicted molar refractivity (Wildman–Crippen MR) is 126 cm³/mol. The minimum Gasteiger partial charge on any atom is -0.451 e. The summed E-state index contributed by atoms with van der Waals surface area (Å²) in [5.41, 5.74) is 3.57. The highest BCUT2D eigenvalue weighted by atomic mass is 32.2. The van der Waals surface area contributed by atoms with Crippen LogP contribution in [0.3, 0.4) is 0 Å². The van der Waals surface area contributed by atoms with E-state index in [1.165, 1.54) is 12.1 Å². The van der Waals surface area contributed by atoms with Crippen LogP contribution in [-0.4, -0.2) is 19.3 Å². The molecular weight excluding hydrogens is 436 g/mol. The van der Waals surface area contributed by atoms with E-state index in [4.69, 9.17) is 4.42 Å². The lowest BCUT2D eigenvalue weighted by Crippen LogP contribution is -2.30. The molecule has 0 saturated heterocycles. The van der Waals surface area contributed by atoms with Crippen molar-refractivity contribution in [1.29, 1.82) is 0 Å². The van der Waals surface area contributed by atoms with Crippen LogP contribution < -0.4 is 4.72 Å². The maximum Gasteiger partial charge on any atom is 0.300 e. The van der Waals surface area contributed by atoms with Crippen LogP contribution in [0.4, 0.5) is 0 Å². The number of amides is 1. The first kappa shape index (κ1) is 20.7. The Kier molecular flexibility index (Phi) is 5.24. The lowest BCUT2D eigenvalue weighted by atomic mass is 10.1. The molecule has 0 spiro atoms. The number of carbonyl (C=O) groups excluding carboxylic acids is 1. The molecule has 0 radical (unpaired) electrons. The van der Waals surface area contributed by atoms with Gasteiger partial charge in [0.25, 0.3) is 10.0 Å². The summed E-state index contributed by atoms with van der Waals surface area (Å²) < 4.78 is 34.0. The van der Waals surface area contributed by atoms with Crippen LogP contribution in [0.1, 0.15) is 10.6 Å². The summed E-state index contributed by atoms with van der Waals surface area (Å²) in [4.78, 5) is 16.8. The van der Waals surface area contributed by atoms with Crippen molar-refractivity contribution in [2.24, 2.45) is 0 Å². The second-order valence-corrected chi connectivity index (χ2v) is 9.05. The van der Waals surface area contributed by atoms with Gasteiger partial charge in [0.1, 0.15) is 5.58 Å². The molecule has 5 aromatic rings. The maximum atomic E-state index is 13.1. The quantitative estimate of drug-likeness (QED) is 0.390. The summed E-state index contributed by atoms with van der Waals surface area (Å²) in [6.45, 7) is 0. The van der Waals surface area contributed by atoms with Gasteiger partial charge < -0.3 is 4.42 Å². The molecular formula is C26H18N2O4S. The van der Waals surface area contributed by atoms with Crippen molar-refractivity contribution in [3.05, 3.63) is 109 Å². The van der Waals surface area contributed by atoms with Crippen molar-refractivity contribution in [3.8, 4) is 22.3 Å². The van der Waals surface area contributed by atoms with E-state index in [9.17, 15) is 13.2 Å². The van der Waals surface area contributed by atoms with Gasteiger partial charge in [-0.25, -0.2) is 13.1 Å². The van der Waals surface area contributed by atoms with E-state index in [2.05, 4.69) is 9.71 Å². The number of pyridine rings is 1. The summed E-state index contributed by atoms with van der Waals surface area (Å²) in [6, 6.07) is 26.5. The molecule has 0 aliphatic heterocycles. The molecule has 7 heteroatoms. The van der Waals surface area contributed by atoms with E-state index in [-0.39, 0.29) is 10.7 Å². The average Bonchev–Trinajstić information content (AvgIpc) is 3.29. The molecule has 0 atom stereocenters. The van der Waals surface area contributed by atoms with Crippen molar-refractivity contribution in [1.82, 2.24) is 9.71 Å². The van der Waals surface area contributed by atoms with Gasteiger partial charge >= 0.3 is 5.91 Å². The Labute approximate surface area is 190 Å². The number of furan rings is 1. The number of benzene rings is 3. The number of hydrogen-bond acceptors (Lipinski definition) is 5. The standard InChI is InChI=1S/C26H18N2O4S/c29-26(24-17-21-11-10-20(16-23(21)32-24)18-12-14-27-15-13-18)28-33(30,31)25-9-5-4-8-22(25)19-6-2-1-3-7-19/h1-17H,(H,28,29). The van der Waals surface area contributed by atoms with Crippen molar-refractivity contribution in [3.63, 3.8) is 0 Å². The van der Waals surface area contributed by atoms with Crippen molar-refractivity contribution >= 4 is 26.9 Å². The fraction of sp³-hybridized carbons (Fsp3) is 0. The number of nitrogens with one attached hydrogen (secondary N) is 1. The van der Waals surface area contributed by atoms with E-state index in [1.54, 1.807) is 36.7 Å². The molecule has 6 nitrogen and oxygen atoms in total. The lowest BCUT2D eigenvalue weighted by Gasteiger charge is -2.11. The largest absolute Gasteiger partial charge is 0.451 e. The second-order valence-electron chi connectivity index (χ2n) is 7.40. The third kappa shape index (κ3) is 4.14. The number of rotatable bonds is 5. The van der Waals surface area contributed by atoms with Gasteiger partial charge in [0.2, 0.25) is 0 Å². The number of aromatic nitrogens is 1. The molecule has 0 fully saturated rings. The summed E-state index contributed by atoms with van der Waals surface area (Å²) in [5, 5.41) is 0.694. The molecule has 0 unspecified atom stereocenters. The first-order chi connectivity index (χ1) is 16.0. The number of nitrogens with zero attached hydrogens (tertiary/aromatic N) is 1. The van der Waals surface area contributed by atoms with Gasteiger partial charge in [-0.1, -0.05) is 60.7 Å².